The molecule has 3 rings (SSSR count). The van der Waals surface area contributed by atoms with Crippen molar-refractivity contribution in [3.05, 3.63) is 69.9 Å². The monoisotopic (exact) mass is 435 g/mol. The van der Waals surface area contributed by atoms with Gasteiger partial charge < -0.3 is 14.8 Å². The first-order valence-corrected chi connectivity index (χ1v) is 8.78. The van der Waals surface area contributed by atoms with Gasteiger partial charge in [-0.1, -0.05) is 27.5 Å². The van der Waals surface area contributed by atoms with Crippen LogP contribution < -0.4 is 14.8 Å². The highest BCUT2D eigenvalue weighted by Gasteiger charge is 2.14. The van der Waals surface area contributed by atoms with Crippen molar-refractivity contribution < 1.29 is 14.3 Å². The van der Waals surface area contributed by atoms with Crippen molar-refractivity contribution in [2.24, 2.45) is 0 Å². The molecule has 3 aromatic rings. The third-order valence-electron chi connectivity index (χ3n) is 3.47. The molecule has 0 saturated carbocycles. The van der Waals surface area contributed by atoms with Crippen LogP contribution in [-0.4, -0.2) is 22.8 Å². The lowest BCUT2D eigenvalue weighted by Crippen LogP contribution is -2.13. The molecule has 1 heterocycles. The zero-order valence-electron chi connectivity index (χ0n) is 13.8. The van der Waals surface area contributed by atoms with Crippen molar-refractivity contribution in [1.29, 1.82) is 0 Å². The number of methoxy groups -OCH3 is 1. The van der Waals surface area contributed by atoms with Gasteiger partial charge in [-0.25, -0.2) is 4.68 Å². The van der Waals surface area contributed by atoms with Gasteiger partial charge in [0, 0.05) is 9.50 Å². The van der Waals surface area contributed by atoms with E-state index in [1.807, 2.05) is 24.3 Å². The number of nitrogens with zero attached hydrogens (tertiary/aromatic N) is 2. The van der Waals surface area contributed by atoms with Crippen molar-refractivity contribution in [2.45, 2.75) is 6.73 Å². The van der Waals surface area contributed by atoms with Crippen molar-refractivity contribution in [3.63, 3.8) is 0 Å². The van der Waals surface area contributed by atoms with Crippen LogP contribution in [0.2, 0.25) is 5.02 Å². The van der Waals surface area contributed by atoms with Crippen LogP contribution in [0.4, 0.5) is 5.69 Å². The molecule has 0 aliphatic heterocycles. The largest absolute Gasteiger partial charge is 0.496 e. The highest BCUT2D eigenvalue weighted by Crippen LogP contribution is 2.23. The summed E-state index contributed by atoms with van der Waals surface area (Å²) in [6, 6.07) is 12.3. The van der Waals surface area contributed by atoms with E-state index in [4.69, 9.17) is 21.1 Å². The van der Waals surface area contributed by atoms with Crippen molar-refractivity contribution in [2.75, 3.05) is 12.4 Å². The van der Waals surface area contributed by atoms with Gasteiger partial charge in [0.05, 0.1) is 30.8 Å². The summed E-state index contributed by atoms with van der Waals surface area (Å²) in [6.07, 6.45) is 3.22. The van der Waals surface area contributed by atoms with Crippen LogP contribution in [0.1, 0.15) is 10.4 Å². The molecule has 8 heteroatoms. The third-order valence-corrected chi connectivity index (χ3v) is 4.24. The number of halogens is 2. The quantitative estimate of drug-likeness (QED) is 0.613. The van der Waals surface area contributed by atoms with Gasteiger partial charge >= 0.3 is 0 Å². The van der Waals surface area contributed by atoms with Gasteiger partial charge in [0.1, 0.15) is 11.5 Å². The summed E-state index contributed by atoms with van der Waals surface area (Å²) in [4.78, 5) is 12.4. The number of hydrogen-bond acceptors (Lipinski definition) is 4. The van der Waals surface area contributed by atoms with E-state index in [1.165, 1.54) is 7.11 Å². The molecule has 0 aliphatic carbocycles. The molecule has 0 fully saturated rings. The molecule has 1 aromatic heterocycles. The number of hydrogen-bond donors (Lipinski definition) is 1. The summed E-state index contributed by atoms with van der Waals surface area (Å²) < 4.78 is 13.4. The van der Waals surface area contributed by atoms with Gasteiger partial charge in [0.25, 0.3) is 5.91 Å². The maximum absolute atomic E-state index is 12.4. The van der Waals surface area contributed by atoms with Crippen LogP contribution in [0.5, 0.6) is 11.5 Å². The zero-order valence-corrected chi connectivity index (χ0v) is 16.1. The Bertz CT molecular complexity index is 912. The van der Waals surface area contributed by atoms with Gasteiger partial charge in [-0.05, 0) is 42.5 Å². The summed E-state index contributed by atoms with van der Waals surface area (Å²) in [7, 11) is 1.50. The molecule has 6 nitrogen and oxygen atoms in total. The van der Waals surface area contributed by atoms with Gasteiger partial charge in [0.2, 0.25) is 0 Å². The number of anilines is 1. The summed E-state index contributed by atoms with van der Waals surface area (Å²) >= 11 is 9.33. The van der Waals surface area contributed by atoms with Crippen LogP contribution in [-0.2, 0) is 6.73 Å². The fourth-order valence-corrected chi connectivity index (χ4v) is 2.66. The maximum atomic E-state index is 12.4. The Morgan fingerprint density at radius 3 is 2.77 bits per heavy atom. The molecule has 0 aliphatic rings. The Morgan fingerprint density at radius 2 is 2.04 bits per heavy atom. The second kappa shape index (κ2) is 8.25. The molecule has 0 bridgehead atoms. The zero-order chi connectivity index (χ0) is 18.5. The number of nitrogens with one attached hydrogen (secondary N) is 1. The Hall–Kier alpha value is -2.51. The molecule has 0 unspecified atom stereocenters. The fraction of sp³-hybridized carbons (Fsp3) is 0.111. The van der Waals surface area contributed by atoms with Gasteiger partial charge in [-0.2, -0.15) is 5.10 Å². The predicted octanol–water partition coefficient (Wildman–Crippen LogP) is 4.60. The molecule has 2 aromatic carbocycles. The van der Waals surface area contributed by atoms with E-state index in [-0.39, 0.29) is 12.6 Å². The number of benzene rings is 2. The molecule has 0 radical (unpaired) electrons. The first kappa shape index (κ1) is 18.3. The molecule has 1 N–H and O–H groups in total. The van der Waals surface area contributed by atoms with Crippen LogP contribution in [0.3, 0.4) is 0 Å². The van der Waals surface area contributed by atoms with Crippen LogP contribution in [0.25, 0.3) is 0 Å². The van der Waals surface area contributed by atoms with E-state index in [1.54, 1.807) is 35.3 Å². The van der Waals surface area contributed by atoms with Crippen LogP contribution in [0, 0.1) is 0 Å². The van der Waals surface area contributed by atoms with Gasteiger partial charge in [-0.15, -0.1) is 0 Å². The Morgan fingerprint density at radius 1 is 1.27 bits per heavy atom. The lowest BCUT2D eigenvalue weighted by atomic mass is 10.2. The molecular weight excluding hydrogens is 422 g/mol. The van der Waals surface area contributed by atoms with Crippen LogP contribution >= 0.6 is 27.5 Å². The Balaban J connectivity index is 1.64. The maximum Gasteiger partial charge on any atom is 0.259 e. The number of carbonyl (C=O) groups excluding carboxylic acids is 1. The number of amides is 1. The molecular formula is C18H15BrClN3O3. The van der Waals surface area contributed by atoms with Crippen LogP contribution in [0.15, 0.2) is 59.3 Å². The van der Waals surface area contributed by atoms with E-state index in [2.05, 4.69) is 26.3 Å². The first-order valence-electron chi connectivity index (χ1n) is 7.61. The van der Waals surface area contributed by atoms with Gasteiger partial charge in [-0.3, -0.25) is 4.79 Å². The van der Waals surface area contributed by atoms with Gasteiger partial charge in [0.15, 0.2) is 6.73 Å². The minimum atomic E-state index is -0.335. The number of carbonyl (C=O) groups is 1. The Kier molecular flexibility index (Phi) is 5.80. The average molecular weight is 437 g/mol. The standard InChI is InChI=1S/C18H15BrClN3O3/c1-25-17-7-4-13(20)8-16(17)18(24)22-14-9-21-23(10-14)11-26-15-5-2-12(19)3-6-15/h2-10H,11H2,1H3,(H,22,24). The number of ether oxygens (including phenoxy) is 2. The summed E-state index contributed by atoms with van der Waals surface area (Å²) in [6.45, 7) is 0.220. The fourth-order valence-electron chi connectivity index (χ4n) is 2.23. The average Bonchev–Trinajstić information content (AvgIpc) is 3.08. The van der Waals surface area contributed by atoms with E-state index in [0.29, 0.717) is 22.0 Å². The second-order valence-corrected chi connectivity index (χ2v) is 6.65. The molecule has 0 atom stereocenters. The topological polar surface area (TPSA) is 65.4 Å². The minimum absolute atomic E-state index is 0.220. The molecule has 0 saturated heterocycles. The molecule has 134 valence electrons. The molecule has 0 spiro atoms. The Labute approximate surface area is 163 Å². The lowest BCUT2D eigenvalue weighted by Gasteiger charge is -2.08. The number of aromatic nitrogens is 2. The minimum Gasteiger partial charge on any atom is -0.496 e. The normalized spacial score (nSPS) is 10.4. The molecule has 26 heavy (non-hydrogen) atoms. The SMILES string of the molecule is COc1ccc(Cl)cc1C(=O)Nc1cnn(COc2ccc(Br)cc2)c1. The van der Waals surface area contributed by atoms with E-state index >= 15 is 0 Å². The lowest BCUT2D eigenvalue weighted by molar-refractivity contribution is 0.102. The predicted molar refractivity (Wildman–Crippen MR) is 103 cm³/mol. The van der Waals surface area contributed by atoms with E-state index in [9.17, 15) is 4.79 Å². The highest BCUT2D eigenvalue weighted by molar-refractivity contribution is 9.10. The smallest absolute Gasteiger partial charge is 0.259 e. The van der Waals surface area contributed by atoms with Crippen molar-refractivity contribution >= 4 is 39.1 Å². The summed E-state index contributed by atoms with van der Waals surface area (Å²) in [5, 5.41) is 7.38. The van der Waals surface area contributed by atoms with E-state index < -0.39 is 0 Å². The molecule has 1 amide bonds. The van der Waals surface area contributed by atoms with E-state index in [0.717, 1.165) is 10.2 Å². The summed E-state index contributed by atoms with van der Waals surface area (Å²) in [5.74, 6) is 0.827. The third kappa shape index (κ3) is 4.56. The first-order chi connectivity index (χ1) is 12.5. The van der Waals surface area contributed by atoms with Crippen molar-refractivity contribution in [1.82, 2.24) is 9.78 Å². The number of rotatable bonds is 6. The second-order valence-electron chi connectivity index (χ2n) is 5.29. The summed E-state index contributed by atoms with van der Waals surface area (Å²) in [5.41, 5.74) is 0.885. The highest BCUT2D eigenvalue weighted by atomic mass is 79.9. The van der Waals surface area contributed by atoms with Crippen molar-refractivity contribution in [3.8, 4) is 11.5 Å².